The van der Waals surface area contributed by atoms with Gasteiger partial charge in [-0.15, -0.1) is 0 Å². The molecule has 6 rings (SSSR count). The smallest absolute Gasteiger partial charge is 0.307 e. The molecule has 39 heavy (non-hydrogen) atoms. The number of nitrogens with one attached hydrogen (secondary N) is 2. The number of carbonyl (C=O) groups excluding carboxylic acids is 2. The van der Waals surface area contributed by atoms with E-state index in [9.17, 15) is 29.4 Å². The molecule has 8 nitrogen and oxygen atoms in total. The molecule has 8 heteroatoms. The average molecular weight is 539 g/mol. The van der Waals surface area contributed by atoms with Gasteiger partial charge in [0, 0.05) is 12.1 Å². The highest BCUT2D eigenvalue weighted by molar-refractivity contribution is 5.87. The van der Waals surface area contributed by atoms with Gasteiger partial charge in [-0.1, -0.05) is 24.3 Å². The molecule has 4 bridgehead atoms. The van der Waals surface area contributed by atoms with E-state index in [1.807, 2.05) is 24.3 Å². The molecule has 212 valence electrons. The van der Waals surface area contributed by atoms with Crippen LogP contribution in [0.25, 0.3) is 0 Å². The number of carboxylic acids is 2. The highest BCUT2D eigenvalue weighted by Crippen LogP contribution is 2.49. The van der Waals surface area contributed by atoms with Gasteiger partial charge >= 0.3 is 11.9 Å². The van der Waals surface area contributed by atoms with E-state index in [-0.39, 0.29) is 47.6 Å². The topological polar surface area (TPSA) is 133 Å². The van der Waals surface area contributed by atoms with Gasteiger partial charge in [-0.2, -0.15) is 0 Å². The zero-order valence-corrected chi connectivity index (χ0v) is 22.5. The summed E-state index contributed by atoms with van der Waals surface area (Å²) in [5.74, 6) is -2.42. The van der Waals surface area contributed by atoms with E-state index in [4.69, 9.17) is 0 Å². The second-order valence-electron chi connectivity index (χ2n) is 13.4. The molecular weight excluding hydrogens is 496 g/mol. The zero-order valence-electron chi connectivity index (χ0n) is 22.5. The van der Waals surface area contributed by atoms with Gasteiger partial charge in [0.15, 0.2) is 0 Å². The summed E-state index contributed by atoms with van der Waals surface area (Å²) in [6.45, 7) is 0. The van der Waals surface area contributed by atoms with Gasteiger partial charge in [0.25, 0.3) is 0 Å². The number of carboxylic acid groups (broad SMARTS) is 2. The van der Waals surface area contributed by atoms with E-state index in [1.165, 1.54) is 6.42 Å². The highest BCUT2D eigenvalue weighted by Gasteiger charge is 2.53. The van der Waals surface area contributed by atoms with Crippen LogP contribution in [-0.4, -0.2) is 46.0 Å². The molecule has 0 spiro atoms. The Bertz CT molecular complexity index is 971. The number of rotatable bonds is 8. The summed E-state index contributed by atoms with van der Waals surface area (Å²) in [5.41, 5.74) is 0. The Morgan fingerprint density at radius 2 is 0.872 bits per heavy atom. The third-order valence-corrected chi connectivity index (χ3v) is 11.1. The first-order valence-corrected chi connectivity index (χ1v) is 15.2. The molecule has 0 unspecified atom stereocenters. The maximum absolute atomic E-state index is 13.0. The number of hydrogen-bond acceptors (Lipinski definition) is 4. The van der Waals surface area contributed by atoms with Crippen molar-refractivity contribution in [3.63, 3.8) is 0 Å². The molecule has 0 aromatic heterocycles. The van der Waals surface area contributed by atoms with Crippen molar-refractivity contribution in [1.82, 2.24) is 10.6 Å². The first-order valence-electron chi connectivity index (χ1n) is 15.2. The Morgan fingerprint density at radius 3 is 1.21 bits per heavy atom. The molecule has 0 radical (unpaired) electrons. The highest BCUT2D eigenvalue weighted by atomic mass is 16.4. The van der Waals surface area contributed by atoms with Gasteiger partial charge in [-0.3, -0.25) is 19.2 Å². The van der Waals surface area contributed by atoms with E-state index in [2.05, 4.69) is 10.6 Å². The van der Waals surface area contributed by atoms with Crippen molar-refractivity contribution >= 4 is 23.8 Å². The quantitative estimate of drug-likeness (QED) is 0.348. The van der Waals surface area contributed by atoms with Crippen molar-refractivity contribution < 1.29 is 29.4 Å². The first kappa shape index (κ1) is 26.6. The average Bonchev–Trinajstić information content (AvgIpc) is 3.71. The molecule has 4 N–H and O–H groups in total. The monoisotopic (exact) mass is 538 g/mol. The van der Waals surface area contributed by atoms with E-state index in [1.54, 1.807) is 0 Å². The lowest BCUT2D eigenvalue weighted by Gasteiger charge is -2.35. The van der Waals surface area contributed by atoms with E-state index < -0.39 is 35.6 Å². The van der Waals surface area contributed by atoms with Crippen LogP contribution >= 0.6 is 0 Å². The molecule has 0 saturated heterocycles. The van der Waals surface area contributed by atoms with Gasteiger partial charge < -0.3 is 20.8 Å². The molecule has 4 saturated carbocycles. The molecule has 0 heterocycles. The van der Waals surface area contributed by atoms with E-state index in [0.717, 1.165) is 64.2 Å². The number of amides is 2. The van der Waals surface area contributed by atoms with E-state index in [0.29, 0.717) is 11.8 Å². The summed E-state index contributed by atoms with van der Waals surface area (Å²) in [4.78, 5) is 49.6. The van der Waals surface area contributed by atoms with Crippen LogP contribution in [0.3, 0.4) is 0 Å². The fourth-order valence-corrected chi connectivity index (χ4v) is 9.18. The lowest BCUT2D eigenvalue weighted by atomic mass is 9.75. The van der Waals surface area contributed by atoms with Crippen LogP contribution in [0.1, 0.15) is 70.6 Å². The summed E-state index contributed by atoms with van der Waals surface area (Å²) >= 11 is 0. The fourth-order valence-electron chi connectivity index (χ4n) is 9.18. The molecule has 6 aliphatic carbocycles. The minimum Gasteiger partial charge on any atom is -0.481 e. The van der Waals surface area contributed by atoms with Crippen molar-refractivity contribution in [2.45, 2.75) is 82.7 Å². The Morgan fingerprint density at radius 1 is 0.538 bits per heavy atom. The summed E-state index contributed by atoms with van der Waals surface area (Å²) in [5, 5.41) is 25.7. The first-order chi connectivity index (χ1) is 18.8. The van der Waals surface area contributed by atoms with Crippen LogP contribution in [0.2, 0.25) is 0 Å². The molecule has 6 aliphatic rings. The third kappa shape index (κ3) is 5.16. The van der Waals surface area contributed by atoms with Crippen molar-refractivity contribution in [3.8, 4) is 0 Å². The van der Waals surface area contributed by atoms with Gasteiger partial charge in [0.05, 0.1) is 23.7 Å². The maximum atomic E-state index is 13.0. The Hall–Kier alpha value is -2.64. The second kappa shape index (κ2) is 10.7. The van der Waals surface area contributed by atoms with Crippen LogP contribution in [-0.2, 0) is 19.2 Å². The van der Waals surface area contributed by atoms with Crippen LogP contribution in [0.4, 0.5) is 0 Å². The predicted octanol–water partition coefficient (Wildman–Crippen LogP) is 3.77. The summed E-state index contributed by atoms with van der Waals surface area (Å²) < 4.78 is 0. The molecule has 2 amide bonds. The standard InChI is InChI=1S/C31H42N2O6/c34-28(24-18-5-7-20(14-18)26(24)30(36)37)32-22-9-1-16(2-10-22)13-17-3-11-23(12-4-17)33-29(35)25-19-6-8-21(15-19)27(25)31(38)39/h5-8,16-27H,1-4,9-15H2,(H,32,34)(H,33,35)(H,36,37)(H,38,39)/t16?,17?,18-,19-,20-,21-,22?,23?,24-,25+,26+,27+/m0/s1. The Kier molecular flexibility index (Phi) is 7.32. The fraction of sp³-hybridized carbons (Fsp3) is 0.742. The molecule has 0 aliphatic heterocycles. The number of carbonyl (C=O) groups is 4. The Labute approximate surface area is 230 Å². The van der Waals surface area contributed by atoms with Crippen molar-refractivity contribution in [1.29, 1.82) is 0 Å². The lowest BCUT2D eigenvalue weighted by molar-refractivity contribution is -0.148. The minimum absolute atomic E-state index is 0.000903. The number of hydrogen-bond donors (Lipinski definition) is 4. The van der Waals surface area contributed by atoms with Crippen LogP contribution < -0.4 is 10.6 Å². The molecule has 8 atom stereocenters. The van der Waals surface area contributed by atoms with Gasteiger partial charge in [0.1, 0.15) is 0 Å². The third-order valence-electron chi connectivity index (χ3n) is 11.1. The van der Waals surface area contributed by atoms with Crippen LogP contribution in [0, 0.1) is 59.2 Å². The molecule has 4 fully saturated rings. The number of allylic oxidation sites excluding steroid dienone is 4. The largest absolute Gasteiger partial charge is 0.481 e. The SMILES string of the molecule is O=C(NC1CCC(CC2CCC(NC(=O)[C@H]3[C@H](C(=O)O)[C@H]4C=C[C@H]3C4)CC2)CC1)[C@@H]1[C@H](C(=O)O)[C@H]2C=C[C@H]1C2. The van der Waals surface area contributed by atoms with Crippen molar-refractivity contribution in [2.75, 3.05) is 0 Å². The minimum atomic E-state index is -0.850. The zero-order chi connectivity index (χ0) is 27.3. The Balaban J connectivity index is 0.912. The normalized spacial score (nSPS) is 43.9. The van der Waals surface area contributed by atoms with E-state index >= 15 is 0 Å². The van der Waals surface area contributed by atoms with Gasteiger partial charge in [-0.05, 0) is 106 Å². The maximum Gasteiger partial charge on any atom is 0.307 e. The number of aliphatic carboxylic acids is 2. The molecular formula is C31H42N2O6. The van der Waals surface area contributed by atoms with Crippen LogP contribution in [0.15, 0.2) is 24.3 Å². The van der Waals surface area contributed by atoms with Gasteiger partial charge in [0.2, 0.25) is 11.8 Å². The van der Waals surface area contributed by atoms with Gasteiger partial charge in [-0.25, -0.2) is 0 Å². The summed E-state index contributed by atoms with van der Waals surface area (Å²) in [6.07, 6.45) is 19.0. The summed E-state index contributed by atoms with van der Waals surface area (Å²) in [7, 11) is 0. The van der Waals surface area contributed by atoms with Crippen molar-refractivity contribution in [2.24, 2.45) is 59.2 Å². The molecule has 0 aromatic carbocycles. The molecule has 0 aromatic rings. The van der Waals surface area contributed by atoms with Crippen molar-refractivity contribution in [3.05, 3.63) is 24.3 Å². The predicted molar refractivity (Wildman–Crippen MR) is 143 cm³/mol. The summed E-state index contributed by atoms with van der Waals surface area (Å²) in [6, 6.07) is 0.292. The lowest BCUT2D eigenvalue weighted by Crippen LogP contribution is -2.46. The number of fused-ring (bicyclic) bond motifs is 4. The second-order valence-corrected chi connectivity index (χ2v) is 13.4. The van der Waals surface area contributed by atoms with Crippen LogP contribution in [0.5, 0.6) is 0 Å².